The standard InChI is InChI=1S/C26H31ClFN3/c1-18(30(3)4)22-9-7-20(16-24(22)28)6-5-13-31-14-11-26(12-15-31)19(2)29-25-10-8-21(27)17-23(25)26/h7-10,16-17,29H,1-2,5-6,11-15H2,3-4H3. The topological polar surface area (TPSA) is 18.5 Å². The van der Waals surface area contributed by atoms with Gasteiger partial charge in [-0.15, -0.1) is 0 Å². The molecule has 2 aliphatic rings. The number of aryl methyl sites for hydroxylation is 1. The molecule has 2 aromatic rings. The van der Waals surface area contributed by atoms with Gasteiger partial charge >= 0.3 is 0 Å². The van der Waals surface area contributed by atoms with E-state index in [9.17, 15) is 4.39 Å². The van der Waals surface area contributed by atoms with Gasteiger partial charge in [-0.3, -0.25) is 0 Å². The lowest BCUT2D eigenvalue weighted by molar-refractivity contribution is 0.179. The Morgan fingerprint density at radius 1 is 1.19 bits per heavy atom. The number of hydrogen-bond donors (Lipinski definition) is 1. The molecule has 1 fully saturated rings. The lowest BCUT2D eigenvalue weighted by atomic mass is 9.72. The smallest absolute Gasteiger partial charge is 0.132 e. The van der Waals surface area contributed by atoms with Crippen molar-refractivity contribution < 1.29 is 4.39 Å². The number of likely N-dealkylation sites (tertiary alicyclic amines) is 1. The first-order chi connectivity index (χ1) is 14.8. The maximum atomic E-state index is 14.5. The van der Waals surface area contributed by atoms with Crippen molar-refractivity contribution in [3.63, 3.8) is 0 Å². The zero-order valence-corrected chi connectivity index (χ0v) is 19.2. The van der Waals surface area contributed by atoms with E-state index in [2.05, 4.69) is 35.5 Å². The van der Waals surface area contributed by atoms with Gasteiger partial charge in [-0.1, -0.05) is 30.8 Å². The van der Waals surface area contributed by atoms with Gasteiger partial charge in [0.15, 0.2) is 0 Å². The van der Waals surface area contributed by atoms with E-state index >= 15 is 0 Å². The van der Waals surface area contributed by atoms with E-state index in [-0.39, 0.29) is 11.2 Å². The molecule has 1 saturated heterocycles. The zero-order chi connectivity index (χ0) is 22.2. The molecule has 0 atom stereocenters. The Balaban J connectivity index is 1.32. The molecule has 1 spiro atoms. The van der Waals surface area contributed by atoms with Gasteiger partial charge in [-0.05, 0) is 86.8 Å². The molecule has 31 heavy (non-hydrogen) atoms. The number of piperidine rings is 1. The molecule has 164 valence electrons. The summed E-state index contributed by atoms with van der Waals surface area (Å²) in [5.41, 5.74) is 5.82. The summed E-state index contributed by atoms with van der Waals surface area (Å²) in [4.78, 5) is 4.35. The first-order valence-electron chi connectivity index (χ1n) is 10.9. The fraction of sp³-hybridized carbons (Fsp3) is 0.385. The second-order valence-corrected chi connectivity index (χ2v) is 9.41. The van der Waals surface area contributed by atoms with E-state index in [4.69, 9.17) is 11.6 Å². The van der Waals surface area contributed by atoms with E-state index in [1.165, 1.54) is 5.56 Å². The summed E-state index contributed by atoms with van der Waals surface area (Å²) in [6, 6.07) is 11.6. The average molecular weight is 440 g/mol. The van der Waals surface area contributed by atoms with Crippen molar-refractivity contribution in [3.8, 4) is 0 Å². The highest BCUT2D eigenvalue weighted by molar-refractivity contribution is 6.30. The minimum atomic E-state index is -0.194. The molecule has 0 saturated carbocycles. The van der Waals surface area contributed by atoms with Crippen LogP contribution in [-0.2, 0) is 11.8 Å². The highest BCUT2D eigenvalue weighted by atomic mass is 35.5. The van der Waals surface area contributed by atoms with Crippen LogP contribution >= 0.6 is 11.6 Å². The van der Waals surface area contributed by atoms with Crippen molar-refractivity contribution >= 4 is 23.0 Å². The van der Waals surface area contributed by atoms with E-state index in [1.807, 2.05) is 37.2 Å². The van der Waals surface area contributed by atoms with Gasteiger partial charge in [0.25, 0.3) is 0 Å². The summed E-state index contributed by atoms with van der Waals surface area (Å²) >= 11 is 6.28. The molecule has 0 bridgehead atoms. The van der Waals surface area contributed by atoms with Gasteiger partial charge in [-0.2, -0.15) is 0 Å². The molecule has 0 aromatic heterocycles. The van der Waals surface area contributed by atoms with Crippen LogP contribution in [0.2, 0.25) is 5.02 Å². The molecule has 5 heteroatoms. The number of anilines is 1. The van der Waals surface area contributed by atoms with Crippen molar-refractivity contribution in [2.24, 2.45) is 0 Å². The maximum absolute atomic E-state index is 14.5. The van der Waals surface area contributed by atoms with Gasteiger partial charge in [-0.25, -0.2) is 4.39 Å². The normalized spacial score (nSPS) is 17.5. The fourth-order valence-electron chi connectivity index (χ4n) is 4.89. The molecular weight excluding hydrogens is 409 g/mol. The number of rotatable bonds is 6. The van der Waals surface area contributed by atoms with Gasteiger partial charge < -0.3 is 15.1 Å². The molecule has 2 aliphatic heterocycles. The Morgan fingerprint density at radius 3 is 2.61 bits per heavy atom. The number of nitrogens with zero attached hydrogens (tertiary/aromatic N) is 2. The second kappa shape index (κ2) is 8.68. The van der Waals surface area contributed by atoms with E-state index in [0.29, 0.717) is 11.3 Å². The first kappa shape index (κ1) is 21.9. The Labute approximate surface area is 190 Å². The monoisotopic (exact) mass is 439 g/mol. The Hall–Kier alpha value is -2.30. The van der Waals surface area contributed by atoms with Crippen molar-refractivity contribution in [1.29, 1.82) is 0 Å². The minimum Gasteiger partial charge on any atom is -0.378 e. The predicted molar refractivity (Wildman–Crippen MR) is 129 cm³/mol. The number of nitrogens with one attached hydrogen (secondary N) is 1. The molecule has 2 heterocycles. The molecule has 0 radical (unpaired) electrons. The number of allylic oxidation sites excluding steroid dienone is 1. The van der Waals surface area contributed by atoms with Crippen LogP contribution in [-0.4, -0.2) is 43.5 Å². The Kier molecular flexibility index (Phi) is 6.14. The van der Waals surface area contributed by atoms with Crippen LogP contribution in [0.3, 0.4) is 0 Å². The number of hydrogen-bond acceptors (Lipinski definition) is 3. The Morgan fingerprint density at radius 2 is 1.94 bits per heavy atom. The highest BCUT2D eigenvalue weighted by Crippen LogP contribution is 2.50. The molecule has 4 rings (SSSR count). The third-order valence-electron chi connectivity index (χ3n) is 6.89. The van der Waals surface area contributed by atoms with Crippen LogP contribution in [0, 0.1) is 5.82 Å². The summed E-state index contributed by atoms with van der Waals surface area (Å²) in [6.07, 6.45) is 3.98. The van der Waals surface area contributed by atoms with Gasteiger partial charge in [0.1, 0.15) is 5.82 Å². The van der Waals surface area contributed by atoms with Crippen LogP contribution in [0.1, 0.15) is 36.0 Å². The molecule has 0 amide bonds. The third kappa shape index (κ3) is 4.24. The van der Waals surface area contributed by atoms with Crippen LogP contribution in [0.5, 0.6) is 0 Å². The van der Waals surface area contributed by atoms with Crippen molar-refractivity contribution in [3.05, 3.63) is 82.8 Å². The first-order valence-corrected chi connectivity index (χ1v) is 11.3. The van der Waals surface area contributed by atoms with Crippen LogP contribution in [0.25, 0.3) is 5.70 Å². The third-order valence-corrected chi connectivity index (χ3v) is 7.13. The van der Waals surface area contributed by atoms with Gasteiger partial charge in [0.2, 0.25) is 0 Å². The van der Waals surface area contributed by atoms with Crippen molar-refractivity contribution in [2.75, 3.05) is 39.0 Å². The lowest BCUT2D eigenvalue weighted by Crippen LogP contribution is -2.43. The summed E-state index contributed by atoms with van der Waals surface area (Å²) in [7, 11) is 3.76. The molecule has 1 N–H and O–H groups in total. The van der Waals surface area contributed by atoms with E-state index in [1.54, 1.807) is 6.07 Å². The summed E-state index contributed by atoms with van der Waals surface area (Å²) in [6.45, 7) is 11.4. The zero-order valence-electron chi connectivity index (χ0n) is 18.5. The SMILES string of the molecule is C=C(c1ccc(CCCN2CCC3(CC2)C(=C)Nc2ccc(Cl)cc23)cc1F)N(C)C. The fourth-order valence-corrected chi connectivity index (χ4v) is 5.06. The van der Waals surface area contributed by atoms with Crippen LogP contribution in [0.4, 0.5) is 10.1 Å². The largest absolute Gasteiger partial charge is 0.378 e. The number of benzene rings is 2. The maximum Gasteiger partial charge on any atom is 0.132 e. The van der Waals surface area contributed by atoms with E-state index < -0.39 is 0 Å². The number of halogens is 2. The minimum absolute atomic E-state index is 0.00940. The summed E-state index contributed by atoms with van der Waals surface area (Å²) in [5.74, 6) is -0.194. The Bertz CT molecular complexity index is 1010. The van der Waals surface area contributed by atoms with Gasteiger partial charge in [0.05, 0.1) is 0 Å². The van der Waals surface area contributed by atoms with E-state index in [0.717, 1.165) is 67.3 Å². The van der Waals surface area contributed by atoms with Crippen LogP contribution in [0.15, 0.2) is 55.3 Å². The highest BCUT2D eigenvalue weighted by Gasteiger charge is 2.44. The lowest BCUT2D eigenvalue weighted by Gasteiger charge is -2.40. The quantitative estimate of drug-likeness (QED) is 0.602. The summed E-state index contributed by atoms with van der Waals surface area (Å²) in [5, 5.41) is 4.25. The van der Waals surface area contributed by atoms with Crippen molar-refractivity contribution in [2.45, 2.75) is 31.1 Å². The molecule has 2 aromatic carbocycles. The average Bonchev–Trinajstić information content (AvgIpc) is 3.00. The molecule has 0 aliphatic carbocycles. The van der Waals surface area contributed by atoms with Crippen molar-refractivity contribution in [1.82, 2.24) is 9.80 Å². The van der Waals surface area contributed by atoms with Crippen LogP contribution < -0.4 is 5.32 Å². The number of fused-ring (bicyclic) bond motifs is 2. The summed E-state index contributed by atoms with van der Waals surface area (Å²) < 4.78 is 14.5. The second-order valence-electron chi connectivity index (χ2n) is 8.98. The van der Waals surface area contributed by atoms with Gasteiger partial charge in [0, 0.05) is 47.2 Å². The molecular formula is C26H31ClFN3. The molecule has 0 unspecified atom stereocenters. The molecule has 3 nitrogen and oxygen atoms in total. The predicted octanol–water partition coefficient (Wildman–Crippen LogP) is 5.92.